The zero-order valence-corrected chi connectivity index (χ0v) is 8.70. The van der Waals surface area contributed by atoms with E-state index in [1.807, 2.05) is 30.3 Å². The molecule has 1 heterocycles. The van der Waals surface area contributed by atoms with Crippen molar-refractivity contribution in [2.24, 2.45) is 5.73 Å². The lowest BCUT2D eigenvalue weighted by Crippen LogP contribution is -2.15. The number of nitrogens with one attached hydrogen (secondary N) is 1. The molecule has 0 fully saturated rings. The number of hydrogen-bond acceptors (Lipinski definition) is 4. The van der Waals surface area contributed by atoms with Crippen LogP contribution in [0.15, 0.2) is 40.3 Å². The summed E-state index contributed by atoms with van der Waals surface area (Å²) in [7, 11) is 0. The second kappa shape index (κ2) is 4.33. The van der Waals surface area contributed by atoms with Crippen molar-refractivity contribution < 1.29 is 0 Å². The van der Waals surface area contributed by atoms with Crippen LogP contribution in [0.4, 0.5) is 0 Å². The number of rotatable bonds is 3. The van der Waals surface area contributed by atoms with Crippen LogP contribution in [0.2, 0.25) is 0 Å². The summed E-state index contributed by atoms with van der Waals surface area (Å²) in [4.78, 5) is 11.5. The van der Waals surface area contributed by atoms with Gasteiger partial charge in [0.1, 0.15) is 0 Å². The van der Waals surface area contributed by atoms with Gasteiger partial charge in [-0.3, -0.25) is 0 Å². The van der Waals surface area contributed by atoms with E-state index in [2.05, 4.69) is 10.2 Å². The Labute approximate surface area is 90.3 Å². The van der Waals surface area contributed by atoms with Gasteiger partial charge in [0, 0.05) is 5.88 Å². The Morgan fingerprint density at radius 2 is 2.13 bits per heavy atom. The normalized spacial score (nSPS) is 10.5. The third-order valence-corrected chi connectivity index (χ3v) is 2.57. The fourth-order valence-corrected chi connectivity index (χ4v) is 1.84. The highest BCUT2D eigenvalue weighted by atomic mass is 32.2. The molecule has 6 heteroatoms. The largest absolute Gasteiger partial charge is 0.348 e. The van der Waals surface area contributed by atoms with Gasteiger partial charge in [-0.1, -0.05) is 30.0 Å². The lowest BCUT2D eigenvalue weighted by molar-refractivity contribution is 0.870. The highest BCUT2D eigenvalue weighted by molar-refractivity contribution is 7.99. The molecule has 15 heavy (non-hydrogen) atoms. The van der Waals surface area contributed by atoms with Gasteiger partial charge in [-0.2, -0.15) is 0 Å². The van der Waals surface area contributed by atoms with Crippen molar-refractivity contribution in [2.75, 3.05) is 5.88 Å². The number of H-pyrrole nitrogens is 1. The fourth-order valence-electron chi connectivity index (χ4n) is 1.26. The molecule has 2 aromatic rings. The SMILES string of the molecule is NCSc1n[nH]c(=O)n1-c1ccccc1. The summed E-state index contributed by atoms with van der Waals surface area (Å²) in [6.07, 6.45) is 0. The van der Waals surface area contributed by atoms with Crippen LogP contribution in [0.1, 0.15) is 0 Å². The Kier molecular flexibility index (Phi) is 2.89. The maximum Gasteiger partial charge on any atom is 0.348 e. The minimum Gasteiger partial charge on any atom is -0.322 e. The van der Waals surface area contributed by atoms with Crippen molar-refractivity contribution in [2.45, 2.75) is 5.16 Å². The number of aromatic amines is 1. The molecular weight excluding hydrogens is 212 g/mol. The molecule has 1 aromatic heterocycles. The number of benzene rings is 1. The Morgan fingerprint density at radius 3 is 2.80 bits per heavy atom. The summed E-state index contributed by atoms with van der Waals surface area (Å²) in [5, 5.41) is 6.87. The molecule has 0 saturated carbocycles. The third-order valence-electron chi connectivity index (χ3n) is 1.87. The van der Waals surface area contributed by atoms with Gasteiger partial charge in [0.05, 0.1) is 5.69 Å². The lowest BCUT2D eigenvalue weighted by atomic mass is 10.3. The van der Waals surface area contributed by atoms with Crippen molar-refractivity contribution in [3.63, 3.8) is 0 Å². The van der Waals surface area contributed by atoms with Crippen LogP contribution in [-0.2, 0) is 0 Å². The van der Waals surface area contributed by atoms with Crippen molar-refractivity contribution in [3.05, 3.63) is 40.8 Å². The minimum atomic E-state index is -0.253. The third kappa shape index (κ3) is 1.95. The molecule has 0 atom stereocenters. The van der Waals surface area contributed by atoms with Crippen LogP contribution < -0.4 is 11.4 Å². The number of nitrogens with zero attached hydrogens (tertiary/aromatic N) is 2. The predicted molar refractivity (Wildman–Crippen MR) is 59.1 cm³/mol. The zero-order valence-electron chi connectivity index (χ0n) is 7.88. The molecule has 0 saturated heterocycles. The molecule has 78 valence electrons. The van der Waals surface area contributed by atoms with Gasteiger partial charge in [-0.25, -0.2) is 14.5 Å². The second-order valence-corrected chi connectivity index (χ2v) is 3.78. The molecule has 0 radical (unpaired) electrons. The highest BCUT2D eigenvalue weighted by Crippen LogP contribution is 2.15. The first-order valence-corrected chi connectivity index (χ1v) is 5.37. The van der Waals surface area contributed by atoms with E-state index in [1.54, 1.807) is 0 Å². The minimum absolute atomic E-state index is 0.253. The van der Waals surface area contributed by atoms with Crippen LogP contribution >= 0.6 is 11.8 Å². The number of para-hydroxylation sites is 1. The average molecular weight is 222 g/mol. The first-order valence-electron chi connectivity index (χ1n) is 4.38. The smallest absolute Gasteiger partial charge is 0.322 e. The van der Waals surface area contributed by atoms with Gasteiger partial charge in [-0.05, 0) is 12.1 Å². The van der Waals surface area contributed by atoms with Gasteiger partial charge in [0.25, 0.3) is 0 Å². The van der Waals surface area contributed by atoms with E-state index in [1.165, 1.54) is 16.3 Å². The molecule has 0 amide bonds. The van der Waals surface area contributed by atoms with Crippen LogP contribution in [0.3, 0.4) is 0 Å². The Hall–Kier alpha value is -1.53. The van der Waals surface area contributed by atoms with E-state index in [9.17, 15) is 4.79 Å². The summed E-state index contributed by atoms with van der Waals surface area (Å²) in [6.45, 7) is 0. The zero-order chi connectivity index (χ0) is 10.7. The molecular formula is C9H10N4OS. The van der Waals surface area contributed by atoms with Gasteiger partial charge < -0.3 is 5.73 Å². The summed E-state index contributed by atoms with van der Waals surface area (Å²) in [5.74, 6) is 0.386. The quantitative estimate of drug-likeness (QED) is 0.588. The number of thioether (sulfide) groups is 1. The van der Waals surface area contributed by atoms with E-state index < -0.39 is 0 Å². The van der Waals surface area contributed by atoms with Gasteiger partial charge in [0.2, 0.25) is 0 Å². The van der Waals surface area contributed by atoms with Gasteiger partial charge >= 0.3 is 5.69 Å². The van der Waals surface area contributed by atoms with E-state index in [-0.39, 0.29) is 5.69 Å². The number of aromatic nitrogens is 3. The maximum atomic E-state index is 11.5. The standard InChI is InChI=1S/C9H10N4OS/c10-6-15-9-12-11-8(14)13(9)7-4-2-1-3-5-7/h1-5H,6,10H2,(H,11,14). The predicted octanol–water partition coefficient (Wildman–Crippen LogP) is 0.569. The molecule has 0 unspecified atom stereocenters. The summed E-state index contributed by atoms with van der Waals surface area (Å²) >= 11 is 1.32. The number of nitrogens with two attached hydrogens (primary N) is 1. The highest BCUT2D eigenvalue weighted by Gasteiger charge is 2.08. The monoisotopic (exact) mass is 222 g/mol. The maximum absolute atomic E-state index is 11.5. The summed E-state index contributed by atoms with van der Waals surface area (Å²) < 4.78 is 1.50. The molecule has 2 rings (SSSR count). The Morgan fingerprint density at radius 1 is 1.40 bits per heavy atom. The van der Waals surface area contributed by atoms with E-state index in [4.69, 9.17) is 5.73 Å². The second-order valence-electron chi connectivity index (χ2n) is 2.79. The van der Waals surface area contributed by atoms with E-state index in [0.717, 1.165) is 5.69 Å². The van der Waals surface area contributed by atoms with Crippen molar-refractivity contribution in [3.8, 4) is 5.69 Å². The summed E-state index contributed by atoms with van der Waals surface area (Å²) in [5.41, 5.74) is 5.94. The van der Waals surface area contributed by atoms with Gasteiger partial charge in [0.15, 0.2) is 5.16 Å². The van der Waals surface area contributed by atoms with Crippen LogP contribution in [-0.4, -0.2) is 20.6 Å². The van der Waals surface area contributed by atoms with Crippen molar-refractivity contribution >= 4 is 11.8 Å². The van der Waals surface area contributed by atoms with E-state index in [0.29, 0.717) is 11.0 Å². The van der Waals surface area contributed by atoms with Crippen LogP contribution in [0.25, 0.3) is 5.69 Å². The van der Waals surface area contributed by atoms with Crippen molar-refractivity contribution in [1.29, 1.82) is 0 Å². The molecule has 0 aliphatic heterocycles. The fraction of sp³-hybridized carbons (Fsp3) is 0.111. The van der Waals surface area contributed by atoms with Crippen LogP contribution in [0.5, 0.6) is 0 Å². The topological polar surface area (TPSA) is 76.7 Å². The summed E-state index contributed by atoms with van der Waals surface area (Å²) in [6, 6.07) is 9.32. The average Bonchev–Trinajstić information content (AvgIpc) is 2.62. The molecule has 0 aliphatic rings. The van der Waals surface area contributed by atoms with Crippen LogP contribution in [0, 0.1) is 0 Å². The Balaban J connectivity index is 2.52. The molecule has 0 spiro atoms. The molecule has 3 N–H and O–H groups in total. The molecule has 0 bridgehead atoms. The molecule has 0 aliphatic carbocycles. The van der Waals surface area contributed by atoms with Crippen molar-refractivity contribution in [1.82, 2.24) is 14.8 Å². The molecule has 5 nitrogen and oxygen atoms in total. The Bertz CT molecular complexity index is 490. The first kappa shape index (κ1) is 10.0. The van der Waals surface area contributed by atoms with E-state index >= 15 is 0 Å². The first-order chi connectivity index (χ1) is 7.33. The lowest BCUT2D eigenvalue weighted by Gasteiger charge is -2.02. The molecule has 1 aromatic carbocycles. The van der Waals surface area contributed by atoms with Gasteiger partial charge in [-0.15, -0.1) is 5.10 Å². The number of hydrogen-bond donors (Lipinski definition) is 2.